The highest BCUT2D eigenvalue weighted by Crippen LogP contribution is 2.22. The van der Waals surface area contributed by atoms with Gasteiger partial charge in [0.05, 0.1) is 0 Å². The van der Waals surface area contributed by atoms with Gasteiger partial charge in [-0.05, 0) is 52.1 Å². The zero-order valence-corrected chi connectivity index (χ0v) is 9.98. The summed E-state index contributed by atoms with van der Waals surface area (Å²) < 4.78 is 0. The standard InChI is InChI=1S/C13H23NO/c1-12(2)14-9-7-13(8-10-14)6-4-3-5-11-15/h3-4,11-13H,5-10H2,1-2H3/b4-3-. The van der Waals surface area contributed by atoms with Crippen molar-refractivity contribution in [1.82, 2.24) is 4.90 Å². The quantitative estimate of drug-likeness (QED) is 0.512. The van der Waals surface area contributed by atoms with Crippen LogP contribution in [0.15, 0.2) is 12.2 Å². The summed E-state index contributed by atoms with van der Waals surface area (Å²) in [5, 5.41) is 0. The van der Waals surface area contributed by atoms with Gasteiger partial charge in [0, 0.05) is 12.5 Å². The van der Waals surface area contributed by atoms with Crippen LogP contribution in [0.5, 0.6) is 0 Å². The van der Waals surface area contributed by atoms with Gasteiger partial charge in [-0.1, -0.05) is 12.2 Å². The van der Waals surface area contributed by atoms with Gasteiger partial charge in [-0.2, -0.15) is 0 Å². The molecule has 86 valence electrons. The van der Waals surface area contributed by atoms with Crippen LogP contribution in [-0.2, 0) is 4.79 Å². The maximum Gasteiger partial charge on any atom is 0.123 e. The number of carbonyl (C=O) groups excluding carboxylic acids is 1. The van der Waals surface area contributed by atoms with Gasteiger partial charge in [-0.3, -0.25) is 0 Å². The van der Waals surface area contributed by atoms with Crippen molar-refractivity contribution in [2.24, 2.45) is 5.92 Å². The van der Waals surface area contributed by atoms with Gasteiger partial charge in [0.15, 0.2) is 0 Å². The van der Waals surface area contributed by atoms with E-state index in [-0.39, 0.29) is 0 Å². The van der Waals surface area contributed by atoms with Gasteiger partial charge in [-0.25, -0.2) is 0 Å². The normalized spacial score (nSPS) is 20.2. The molecule has 0 spiro atoms. The van der Waals surface area contributed by atoms with Crippen LogP contribution in [0.1, 0.15) is 39.5 Å². The molecule has 1 fully saturated rings. The molecule has 0 radical (unpaired) electrons. The molecule has 2 heteroatoms. The number of nitrogens with zero attached hydrogens (tertiary/aromatic N) is 1. The van der Waals surface area contributed by atoms with Crippen molar-refractivity contribution >= 4 is 6.29 Å². The molecule has 1 saturated heterocycles. The van der Waals surface area contributed by atoms with E-state index in [9.17, 15) is 4.79 Å². The highest BCUT2D eigenvalue weighted by atomic mass is 16.1. The minimum atomic E-state index is 0.574. The predicted molar refractivity (Wildman–Crippen MR) is 63.9 cm³/mol. The lowest BCUT2D eigenvalue weighted by Crippen LogP contribution is -2.38. The van der Waals surface area contributed by atoms with Crippen molar-refractivity contribution in [3.63, 3.8) is 0 Å². The molecule has 1 aliphatic rings. The summed E-state index contributed by atoms with van der Waals surface area (Å²) in [6.07, 6.45) is 9.46. The molecular weight excluding hydrogens is 186 g/mol. The molecule has 1 heterocycles. The van der Waals surface area contributed by atoms with E-state index in [1.165, 1.54) is 25.9 Å². The van der Waals surface area contributed by atoms with E-state index in [0.29, 0.717) is 12.5 Å². The molecule has 1 rings (SSSR count). The summed E-state index contributed by atoms with van der Waals surface area (Å²) in [6, 6.07) is 0.691. The Morgan fingerprint density at radius 1 is 1.27 bits per heavy atom. The molecule has 0 aromatic heterocycles. The minimum Gasteiger partial charge on any atom is -0.303 e. The second kappa shape index (κ2) is 6.78. The molecule has 0 aliphatic carbocycles. The molecule has 0 saturated carbocycles. The summed E-state index contributed by atoms with van der Waals surface area (Å²) in [7, 11) is 0. The number of hydrogen-bond donors (Lipinski definition) is 0. The van der Waals surface area contributed by atoms with Crippen LogP contribution in [0, 0.1) is 5.92 Å². The van der Waals surface area contributed by atoms with E-state index in [0.717, 1.165) is 18.6 Å². The summed E-state index contributed by atoms with van der Waals surface area (Å²) in [4.78, 5) is 12.7. The Labute approximate surface area is 93.3 Å². The molecule has 15 heavy (non-hydrogen) atoms. The molecule has 2 nitrogen and oxygen atoms in total. The molecule has 0 N–H and O–H groups in total. The van der Waals surface area contributed by atoms with E-state index in [2.05, 4.69) is 24.8 Å². The summed E-state index contributed by atoms with van der Waals surface area (Å²) in [5.74, 6) is 0.836. The molecule has 0 unspecified atom stereocenters. The lowest BCUT2D eigenvalue weighted by atomic mass is 9.93. The fourth-order valence-corrected chi connectivity index (χ4v) is 2.15. The molecule has 0 aromatic rings. The minimum absolute atomic E-state index is 0.574. The van der Waals surface area contributed by atoms with Crippen LogP contribution in [0.3, 0.4) is 0 Å². The Kier molecular flexibility index (Phi) is 5.62. The van der Waals surface area contributed by atoms with Gasteiger partial charge in [-0.15, -0.1) is 0 Å². The van der Waals surface area contributed by atoms with Crippen molar-refractivity contribution in [3.8, 4) is 0 Å². The number of allylic oxidation sites excluding steroid dienone is 2. The Hall–Kier alpha value is -0.630. The average molecular weight is 209 g/mol. The lowest BCUT2D eigenvalue weighted by Gasteiger charge is -2.34. The number of hydrogen-bond acceptors (Lipinski definition) is 2. The number of carbonyl (C=O) groups is 1. The predicted octanol–water partition coefficient (Wildman–Crippen LogP) is 2.64. The first-order valence-corrected chi connectivity index (χ1v) is 6.06. The van der Waals surface area contributed by atoms with Gasteiger partial charge >= 0.3 is 0 Å². The van der Waals surface area contributed by atoms with Crippen LogP contribution in [0.4, 0.5) is 0 Å². The largest absolute Gasteiger partial charge is 0.303 e. The third-order valence-corrected chi connectivity index (χ3v) is 3.25. The lowest BCUT2D eigenvalue weighted by molar-refractivity contribution is -0.107. The van der Waals surface area contributed by atoms with Gasteiger partial charge in [0.2, 0.25) is 0 Å². The zero-order valence-electron chi connectivity index (χ0n) is 9.98. The average Bonchev–Trinajstić information content (AvgIpc) is 2.25. The Morgan fingerprint density at radius 3 is 2.47 bits per heavy atom. The smallest absolute Gasteiger partial charge is 0.123 e. The van der Waals surface area contributed by atoms with Crippen molar-refractivity contribution in [3.05, 3.63) is 12.2 Å². The zero-order chi connectivity index (χ0) is 11.1. The van der Waals surface area contributed by atoms with Crippen molar-refractivity contribution in [1.29, 1.82) is 0 Å². The molecule has 0 atom stereocenters. The van der Waals surface area contributed by atoms with Gasteiger partial charge < -0.3 is 9.69 Å². The topological polar surface area (TPSA) is 20.3 Å². The second-order valence-electron chi connectivity index (χ2n) is 4.68. The van der Waals surface area contributed by atoms with Gasteiger partial charge in [0.1, 0.15) is 6.29 Å². The summed E-state index contributed by atoms with van der Waals surface area (Å²) in [5.41, 5.74) is 0. The van der Waals surface area contributed by atoms with E-state index in [4.69, 9.17) is 0 Å². The maximum atomic E-state index is 10.1. The Morgan fingerprint density at radius 2 is 1.93 bits per heavy atom. The van der Waals surface area contributed by atoms with Crippen molar-refractivity contribution in [2.45, 2.75) is 45.6 Å². The van der Waals surface area contributed by atoms with E-state index >= 15 is 0 Å². The first-order valence-electron chi connectivity index (χ1n) is 6.06. The van der Waals surface area contributed by atoms with Crippen LogP contribution in [-0.4, -0.2) is 30.3 Å². The summed E-state index contributed by atoms with van der Waals surface area (Å²) in [6.45, 7) is 7.02. The van der Waals surface area contributed by atoms with E-state index < -0.39 is 0 Å². The highest BCUT2D eigenvalue weighted by Gasteiger charge is 2.19. The SMILES string of the molecule is CC(C)N1CCC(C/C=C\CC=O)CC1. The highest BCUT2D eigenvalue weighted by molar-refractivity contribution is 5.51. The van der Waals surface area contributed by atoms with Crippen LogP contribution >= 0.6 is 0 Å². The fraction of sp³-hybridized carbons (Fsp3) is 0.769. The fourth-order valence-electron chi connectivity index (χ4n) is 2.15. The van der Waals surface area contributed by atoms with E-state index in [1.54, 1.807) is 0 Å². The van der Waals surface area contributed by atoms with E-state index in [1.807, 2.05) is 6.08 Å². The maximum absolute atomic E-state index is 10.1. The first-order chi connectivity index (χ1) is 7.24. The molecule has 0 aromatic carbocycles. The van der Waals surface area contributed by atoms with Crippen molar-refractivity contribution in [2.75, 3.05) is 13.1 Å². The number of likely N-dealkylation sites (tertiary alicyclic amines) is 1. The van der Waals surface area contributed by atoms with Crippen molar-refractivity contribution < 1.29 is 4.79 Å². The van der Waals surface area contributed by atoms with Crippen LogP contribution in [0.25, 0.3) is 0 Å². The first kappa shape index (κ1) is 12.4. The number of piperidine rings is 1. The molecule has 0 bridgehead atoms. The third kappa shape index (κ3) is 4.61. The summed E-state index contributed by atoms with van der Waals surface area (Å²) >= 11 is 0. The number of aldehydes is 1. The number of rotatable bonds is 5. The molecule has 1 aliphatic heterocycles. The third-order valence-electron chi connectivity index (χ3n) is 3.25. The van der Waals surface area contributed by atoms with Crippen LogP contribution in [0.2, 0.25) is 0 Å². The Balaban J connectivity index is 2.17. The monoisotopic (exact) mass is 209 g/mol. The molecule has 0 amide bonds. The second-order valence-corrected chi connectivity index (χ2v) is 4.68. The molecular formula is C13H23NO. The van der Waals surface area contributed by atoms with Gasteiger partial charge in [0.25, 0.3) is 0 Å². The van der Waals surface area contributed by atoms with Crippen LogP contribution < -0.4 is 0 Å². The Bertz CT molecular complexity index is 203.